The van der Waals surface area contributed by atoms with Gasteiger partial charge in [0.05, 0.1) is 0 Å². The van der Waals surface area contributed by atoms with Crippen LogP contribution in [0.15, 0.2) is 0 Å². The molecule has 0 atom stereocenters. The molecule has 13 heavy (non-hydrogen) atoms. The molecular weight excluding hydrogens is 274 g/mol. The van der Waals surface area contributed by atoms with Gasteiger partial charge in [0, 0.05) is 0 Å². The Bertz CT molecular complexity index is 204. The molecule has 0 saturated heterocycles. The third kappa shape index (κ3) is 1.89. The largest absolute Gasteiger partial charge is 0.480 e. The van der Waals surface area contributed by atoms with E-state index >= 15 is 0 Å². The zero-order valence-corrected chi connectivity index (χ0v) is 7.09. The predicted molar refractivity (Wildman–Crippen MR) is 31.4 cm³/mol. The predicted octanol–water partition coefficient (Wildman–Crippen LogP) is 2.33. The number of alkyl halides is 7. The summed E-state index contributed by atoms with van der Waals surface area (Å²) in [7, 11) is 0. The van der Waals surface area contributed by atoms with Gasteiger partial charge in [0.15, 0.2) is 0 Å². The number of carboxylic acid groups (broad SMARTS) is 1. The van der Waals surface area contributed by atoms with Crippen LogP contribution in [0.1, 0.15) is 0 Å². The average molecular weight is 275 g/mol. The number of aliphatic carboxylic acids is 1. The van der Waals surface area contributed by atoms with Crippen LogP contribution in [-0.2, 0) is 4.79 Å². The number of halogens is 7. The van der Waals surface area contributed by atoms with Gasteiger partial charge in [-0.25, -0.2) is 4.79 Å². The van der Waals surface area contributed by atoms with E-state index in [1.54, 1.807) is 0 Å². The molecule has 0 aromatic heterocycles. The summed E-state index contributed by atoms with van der Waals surface area (Å²) < 4.78 is 65.3. The van der Waals surface area contributed by atoms with Crippen LogP contribution in [0.2, 0.25) is 0 Å². The summed E-state index contributed by atoms with van der Waals surface area (Å²) in [5, 5.41) is 7.82. The smallest absolute Gasteiger partial charge is 0.423 e. The third-order valence-corrected chi connectivity index (χ3v) is 2.31. The van der Waals surface area contributed by atoms with Crippen LogP contribution in [0.3, 0.4) is 0 Å². The van der Waals surface area contributed by atoms with Crippen molar-refractivity contribution in [3.63, 3.8) is 0 Å². The Balaban J connectivity index is 5.35. The lowest BCUT2D eigenvalue weighted by atomic mass is 10.1. The van der Waals surface area contributed by atoms with Crippen molar-refractivity contribution in [2.75, 3.05) is 0 Å². The number of rotatable bonds is 1. The number of carboxylic acids is 1. The summed E-state index contributed by atoms with van der Waals surface area (Å²) in [4.78, 5) is 9.83. The molecule has 0 aromatic carbocycles. The Hall–Kier alpha value is -0.470. The summed E-state index contributed by atoms with van der Waals surface area (Å²) in [6.45, 7) is 0. The molecule has 0 aliphatic rings. The summed E-state index contributed by atoms with van der Waals surface area (Å²) in [6.07, 6.45) is -11.9. The van der Waals surface area contributed by atoms with Crippen molar-refractivity contribution in [3.05, 3.63) is 0 Å². The SMILES string of the molecule is O=C(O)C(Br)(C(F)(F)F)C(F)(F)F. The minimum Gasteiger partial charge on any atom is -0.480 e. The average Bonchev–Trinajstić information content (AvgIpc) is 1.80. The number of hydrogen-bond acceptors (Lipinski definition) is 1. The van der Waals surface area contributed by atoms with Gasteiger partial charge in [-0.3, -0.25) is 0 Å². The topological polar surface area (TPSA) is 37.3 Å². The summed E-state index contributed by atoms with van der Waals surface area (Å²) in [5.41, 5.74) is 0. The Morgan fingerprint density at radius 1 is 1.00 bits per heavy atom. The number of hydrogen-bond donors (Lipinski definition) is 1. The van der Waals surface area contributed by atoms with Crippen molar-refractivity contribution in [2.24, 2.45) is 0 Å². The first-order chi connectivity index (χ1) is 5.44. The van der Waals surface area contributed by atoms with Crippen molar-refractivity contribution in [1.29, 1.82) is 0 Å². The second-order valence-electron chi connectivity index (χ2n) is 1.96. The van der Waals surface area contributed by atoms with Crippen molar-refractivity contribution >= 4 is 21.9 Å². The number of carbonyl (C=O) groups is 1. The summed E-state index contributed by atoms with van der Waals surface area (Å²) >= 11 is 1.14. The second kappa shape index (κ2) is 3.03. The van der Waals surface area contributed by atoms with Gasteiger partial charge in [-0.05, 0) is 0 Å². The second-order valence-corrected chi connectivity index (χ2v) is 3.15. The quantitative estimate of drug-likeness (QED) is 0.589. The van der Waals surface area contributed by atoms with E-state index in [0.29, 0.717) is 0 Å². The molecule has 0 radical (unpaired) electrons. The fraction of sp³-hybridized carbons (Fsp3) is 0.750. The standard InChI is InChI=1S/C4HBrF6O2/c5-2(1(12)13,3(6,7)8)4(9,10)11/h(H,12,13). The molecule has 2 nitrogen and oxygen atoms in total. The van der Waals surface area contributed by atoms with E-state index in [1.165, 1.54) is 0 Å². The molecule has 0 heterocycles. The summed E-state index contributed by atoms with van der Waals surface area (Å²) in [5.74, 6) is -3.05. The zero-order chi connectivity index (χ0) is 11.1. The molecule has 0 amide bonds. The van der Waals surface area contributed by atoms with Gasteiger partial charge in [0.25, 0.3) is 0 Å². The normalized spacial score (nSPS) is 14.4. The van der Waals surface area contributed by atoms with E-state index in [0.717, 1.165) is 15.9 Å². The van der Waals surface area contributed by atoms with Gasteiger partial charge < -0.3 is 5.11 Å². The van der Waals surface area contributed by atoms with Crippen molar-refractivity contribution in [1.82, 2.24) is 0 Å². The van der Waals surface area contributed by atoms with Gasteiger partial charge in [0.2, 0.25) is 0 Å². The molecule has 0 aliphatic carbocycles. The molecule has 0 aliphatic heterocycles. The lowest BCUT2D eigenvalue weighted by molar-refractivity contribution is -0.260. The maximum absolute atomic E-state index is 11.7. The van der Waals surface area contributed by atoms with Gasteiger partial charge >= 0.3 is 22.6 Å². The molecular formula is C4HBrF6O2. The highest BCUT2D eigenvalue weighted by molar-refractivity contribution is 9.10. The first kappa shape index (κ1) is 12.5. The maximum Gasteiger partial charge on any atom is 0.423 e. The third-order valence-electron chi connectivity index (χ3n) is 1.08. The Labute approximate surface area is 75.7 Å². The molecule has 0 unspecified atom stereocenters. The van der Waals surface area contributed by atoms with E-state index in [-0.39, 0.29) is 0 Å². The highest BCUT2D eigenvalue weighted by atomic mass is 79.9. The molecule has 9 heteroatoms. The Morgan fingerprint density at radius 2 is 1.23 bits per heavy atom. The van der Waals surface area contributed by atoms with E-state index in [2.05, 4.69) is 0 Å². The van der Waals surface area contributed by atoms with Gasteiger partial charge in [-0.2, -0.15) is 26.3 Å². The molecule has 0 aromatic rings. The Kier molecular flexibility index (Phi) is 2.92. The van der Waals surface area contributed by atoms with Gasteiger partial charge in [0.1, 0.15) is 0 Å². The van der Waals surface area contributed by atoms with Gasteiger partial charge in [-0.15, -0.1) is 0 Å². The van der Waals surface area contributed by atoms with E-state index in [4.69, 9.17) is 5.11 Å². The van der Waals surface area contributed by atoms with Crippen LogP contribution < -0.4 is 0 Å². The zero-order valence-electron chi connectivity index (χ0n) is 5.50. The van der Waals surface area contributed by atoms with Crippen molar-refractivity contribution < 1.29 is 36.2 Å². The minimum atomic E-state index is -5.95. The molecule has 0 spiro atoms. The molecule has 78 valence electrons. The highest BCUT2D eigenvalue weighted by Crippen LogP contribution is 2.49. The maximum atomic E-state index is 11.7. The van der Waals surface area contributed by atoms with Crippen LogP contribution >= 0.6 is 15.9 Å². The van der Waals surface area contributed by atoms with Crippen molar-refractivity contribution in [3.8, 4) is 0 Å². The minimum absolute atomic E-state index is 1.14. The van der Waals surface area contributed by atoms with Crippen molar-refractivity contribution in [2.45, 2.75) is 16.7 Å². The molecule has 1 N–H and O–H groups in total. The lowest BCUT2D eigenvalue weighted by Crippen LogP contribution is -2.57. The molecule has 0 bridgehead atoms. The first-order valence-corrected chi connectivity index (χ1v) is 3.29. The fourth-order valence-electron chi connectivity index (χ4n) is 0.403. The molecule has 0 fully saturated rings. The Morgan fingerprint density at radius 3 is 1.23 bits per heavy atom. The van der Waals surface area contributed by atoms with E-state index < -0.39 is 22.6 Å². The molecule has 0 saturated carbocycles. The van der Waals surface area contributed by atoms with Crippen LogP contribution in [-0.4, -0.2) is 27.8 Å². The summed E-state index contributed by atoms with van der Waals surface area (Å²) in [6, 6.07) is 0. The van der Waals surface area contributed by atoms with E-state index in [1.807, 2.05) is 0 Å². The van der Waals surface area contributed by atoms with Crippen LogP contribution in [0, 0.1) is 0 Å². The van der Waals surface area contributed by atoms with Crippen LogP contribution in [0.4, 0.5) is 26.3 Å². The van der Waals surface area contributed by atoms with E-state index in [9.17, 15) is 31.1 Å². The van der Waals surface area contributed by atoms with Crippen LogP contribution in [0.25, 0.3) is 0 Å². The fourth-order valence-corrected chi connectivity index (χ4v) is 0.403. The van der Waals surface area contributed by atoms with Crippen LogP contribution in [0.5, 0.6) is 0 Å². The van der Waals surface area contributed by atoms with Gasteiger partial charge in [-0.1, -0.05) is 15.9 Å². The monoisotopic (exact) mass is 274 g/mol. The highest BCUT2D eigenvalue weighted by Gasteiger charge is 2.75. The molecule has 0 rings (SSSR count). The first-order valence-electron chi connectivity index (χ1n) is 2.50. The lowest BCUT2D eigenvalue weighted by Gasteiger charge is -2.27.